The number of methoxy groups -OCH3 is 1. The Hall–Kier alpha value is -2.61. The van der Waals surface area contributed by atoms with E-state index in [2.05, 4.69) is 25.4 Å². The van der Waals surface area contributed by atoms with Crippen molar-refractivity contribution in [2.75, 3.05) is 43.6 Å². The standard InChI is InChI=1S/C21H29N5O3/c1-28-18-8-7-16(14-17(18)26-9-11-29-12-10-26)20(27)23-21-22-19(24-25-21)13-15-5-3-2-4-6-15/h7-8,14-15H,2-6,9-13H2,1H3,(H2,22,23,24,25,27). The minimum atomic E-state index is -0.231. The van der Waals surface area contributed by atoms with Gasteiger partial charge < -0.3 is 14.4 Å². The molecule has 1 aliphatic carbocycles. The van der Waals surface area contributed by atoms with Gasteiger partial charge in [0, 0.05) is 25.1 Å². The van der Waals surface area contributed by atoms with Crippen LogP contribution in [0.15, 0.2) is 18.2 Å². The lowest BCUT2D eigenvalue weighted by molar-refractivity contribution is 0.102. The highest BCUT2D eigenvalue weighted by molar-refractivity contribution is 6.04. The second-order valence-electron chi connectivity index (χ2n) is 7.75. The number of benzene rings is 1. The summed E-state index contributed by atoms with van der Waals surface area (Å²) in [7, 11) is 1.64. The van der Waals surface area contributed by atoms with Crippen molar-refractivity contribution in [1.29, 1.82) is 0 Å². The number of hydrogen-bond acceptors (Lipinski definition) is 6. The molecule has 4 rings (SSSR count). The van der Waals surface area contributed by atoms with Gasteiger partial charge in [-0.25, -0.2) is 0 Å². The molecule has 1 amide bonds. The van der Waals surface area contributed by atoms with Crippen molar-refractivity contribution in [1.82, 2.24) is 15.2 Å². The molecule has 0 radical (unpaired) electrons. The molecule has 1 saturated carbocycles. The van der Waals surface area contributed by atoms with E-state index in [-0.39, 0.29) is 5.91 Å². The number of hydrogen-bond donors (Lipinski definition) is 2. The monoisotopic (exact) mass is 399 g/mol. The zero-order chi connectivity index (χ0) is 20.1. The second-order valence-corrected chi connectivity index (χ2v) is 7.75. The summed E-state index contributed by atoms with van der Waals surface area (Å²) in [6.45, 7) is 2.88. The lowest BCUT2D eigenvalue weighted by atomic mass is 9.87. The molecule has 2 aromatic rings. The molecule has 1 aromatic carbocycles. The maximum absolute atomic E-state index is 12.8. The summed E-state index contributed by atoms with van der Waals surface area (Å²) in [6, 6.07) is 5.44. The summed E-state index contributed by atoms with van der Waals surface area (Å²) >= 11 is 0. The molecule has 2 heterocycles. The molecule has 0 spiro atoms. The van der Waals surface area contributed by atoms with E-state index in [4.69, 9.17) is 9.47 Å². The summed E-state index contributed by atoms with van der Waals surface area (Å²) < 4.78 is 10.9. The third-order valence-electron chi connectivity index (χ3n) is 5.76. The van der Waals surface area contributed by atoms with Crippen molar-refractivity contribution in [3.8, 4) is 5.75 Å². The van der Waals surface area contributed by atoms with Gasteiger partial charge in [0.05, 0.1) is 26.0 Å². The van der Waals surface area contributed by atoms with Gasteiger partial charge >= 0.3 is 0 Å². The molecule has 2 N–H and O–H groups in total. The van der Waals surface area contributed by atoms with E-state index < -0.39 is 0 Å². The highest BCUT2D eigenvalue weighted by atomic mass is 16.5. The number of rotatable bonds is 6. The fourth-order valence-corrected chi connectivity index (χ4v) is 4.16. The number of H-pyrrole nitrogens is 1. The number of amides is 1. The lowest BCUT2D eigenvalue weighted by Crippen LogP contribution is -2.36. The largest absolute Gasteiger partial charge is 0.495 e. The minimum Gasteiger partial charge on any atom is -0.495 e. The number of carbonyl (C=O) groups is 1. The van der Waals surface area contributed by atoms with Crippen LogP contribution in [0.3, 0.4) is 0 Å². The number of carbonyl (C=O) groups excluding carboxylic acids is 1. The maximum atomic E-state index is 12.8. The Bertz CT molecular complexity index is 825. The van der Waals surface area contributed by atoms with Crippen molar-refractivity contribution in [2.45, 2.75) is 38.5 Å². The van der Waals surface area contributed by atoms with Gasteiger partial charge in [-0.2, -0.15) is 4.98 Å². The van der Waals surface area contributed by atoms with E-state index in [9.17, 15) is 4.79 Å². The molecular weight excluding hydrogens is 370 g/mol. The number of ether oxygens (including phenoxy) is 2. The zero-order valence-electron chi connectivity index (χ0n) is 16.9. The minimum absolute atomic E-state index is 0.231. The smallest absolute Gasteiger partial charge is 0.258 e. The zero-order valence-corrected chi connectivity index (χ0v) is 16.9. The molecule has 1 aromatic heterocycles. The normalized spacial score (nSPS) is 17.9. The average molecular weight is 399 g/mol. The van der Waals surface area contributed by atoms with Crippen molar-refractivity contribution >= 4 is 17.5 Å². The highest BCUT2D eigenvalue weighted by Crippen LogP contribution is 2.30. The number of nitrogens with one attached hydrogen (secondary N) is 2. The predicted octanol–water partition coefficient (Wildman–Crippen LogP) is 3.03. The molecule has 156 valence electrons. The van der Waals surface area contributed by atoms with Crippen LogP contribution in [-0.2, 0) is 11.2 Å². The Labute approximate surface area is 171 Å². The van der Waals surface area contributed by atoms with Crippen LogP contribution in [0.2, 0.25) is 0 Å². The molecule has 0 atom stereocenters. The Morgan fingerprint density at radius 2 is 2.07 bits per heavy atom. The van der Waals surface area contributed by atoms with Crippen molar-refractivity contribution < 1.29 is 14.3 Å². The molecule has 29 heavy (non-hydrogen) atoms. The number of aromatic nitrogens is 3. The fraction of sp³-hybridized carbons (Fsp3) is 0.571. The third kappa shape index (κ3) is 4.87. The third-order valence-corrected chi connectivity index (χ3v) is 5.76. The first-order chi connectivity index (χ1) is 14.2. The van der Waals surface area contributed by atoms with E-state index in [1.165, 1.54) is 32.1 Å². The lowest BCUT2D eigenvalue weighted by Gasteiger charge is -2.30. The van der Waals surface area contributed by atoms with Gasteiger partial charge in [-0.05, 0) is 24.1 Å². The quantitative estimate of drug-likeness (QED) is 0.776. The summed E-state index contributed by atoms with van der Waals surface area (Å²) in [5, 5.41) is 9.95. The van der Waals surface area contributed by atoms with E-state index >= 15 is 0 Å². The van der Waals surface area contributed by atoms with Crippen molar-refractivity contribution in [3.05, 3.63) is 29.6 Å². The van der Waals surface area contributed by atoms with Crippen LogP contribution < -0.4 is 15.0 Å². The number of anilines is 2. The van der Waals surface area contributed by atoms with Gasteiger partial charge in [0.15, 0.2) is 0 Å². The molecule has 2 fully saturated rings. The van der Waals surface area contributed by atoms with Gasteiger partial charge in [0.2, 0.25) is 5.95 Å². The predicted molar refractivity (Wildman–Crippen MR) is 111 cm³/mol. The Morgan fingerprint density at radius 1 is 1.28 bits per heavy atom. The first-order valence-electron chi connectivity index (χ1n) is 10.5. The van der Waals surface area contributed by atoms with Gasteiger partial charge in [0.25, 0.3) is 5.91 Å². The molecule has 1 aliphatic heterocycles. The van der Waals surface area contributed by atoms with E-state index in [0.717, 1.165) is 36.8 Å². The van der Waals surface area contributed by atoms with Crippen LogP contribution >= 0.6 is 0 Å². The maximum Gasteiger partial charge on any atom is 0.258 e. The Kier molecular flexibility index (Phi) is 6.29. The van der Waals surface area contributed by atoms with Gasteiger partial charge in [-0.15, -0.1) is 5.10 Å². The number of morpholine rings is 1. The van der Waals surface area contributed by atoms with E-state index in [1.54, 1.807) is 13.2 Å². The van der Waals surface area contributed by atoms with E-state index in [1.807, 2.05) is 12.1 Å². The molecular formula is C21H29N5O3. The average Bonchev–Trinajstić information content (AvgIpc) is 3.21. The van der Waals surface area contributed by atoms with Gasteiger partial charge in [-0.3, -0.25) is 15.2 Å². The Morgan fingerprint density at radius 3 is 2.83 bits per heavy atom. The fourth-order valence-electron chi connectivity index (χ4n) is 4.16. The summed E-state index contributed by atoms with van der Waals surface area (Å²) in [5.41, 5.74) is 1.45. The SMILES string of the molecule is COc1ccc(C(=O)Nc2n[nH]c(CC3CCCCC3)n2)cc1N1CCOCC1. The van der Waals surface area contributed by atoms with Crippen LogP contribution in [-0.4, -0.2) is 54.5 Å². The molecule has 2 aliphatic rings. The van der Waals surface area contributed by atoms with Crippen molar-refractivity contribution in [2.24, 2.45) is 5.92 Å². The van der Waals surface area contributed by atoms with Crippen LogP contribution in [0.1, 0.15) is 48.3 Å². The molecule has 0 unspecified atom stereocenters. The molecule has 0 bridgehead atoms. The van der Waals surface area contributed by atoms with Crippen LogP contribution in [0, 0.1) is 5.92 Å². The highest BCUT2D eigenvalue weighted by Gasteiger charge is 2.20. The van der Waals surface area contributed by atoms with Gasteiger partial charge in [0.1, 0.15) is 11.6 Å². The molecule has 8 heteroatoms. The van der Waals surface area contributed by atoms with E-state index in [0.29, 0.717) is 30.6 Å². The second kappa shape index (κ2) is 9.26. The van der Waals surface area contributed by atoms with Crippen LogP contribution in [0.4, 0.5) is 11.6 Å². The van der Waals surface area contributed by atoms with Crippen LogP contribution in [0.25, 0.3) is 0 Å². The van der Waals surface area contributed by atoms with Crippen LogP contribution in [0.5, 0.6) is 5.75 Å². The molecule has 1 saturated heterocycles. The first-order valence-corrected chi connectivity index (χ1v) is 10.5. The summed E-state index contributed by atoms with van der Waals surface area (Å²) in [5.74, 6) is 2.35. The van der Waals surface area contributed by atoms with Gasteiger partial charge in [-0.1, -0.05) is 32.1 Å². The first kappa shape index (κ1) is 19.7. The Balaban J connectivity index is 1.43. The number of nitrogens with zero attached hydrogens (tertiary/aromatic N) is 3. The number of aromatic amines is 1. The molecule has 8 nitrogen and oxygen atoms in total. The summed E-state index contributed by atoms with van der Waals surface area (Å²) in [6.07, 6.45) is 7.32. The van der Waals surface area contributed by atoms with Crippen molar-refractivity contribution in [3.63, 3.8) is 0 Å². The summed E-state index contributed by atoms with van der Waals surface area (Å²) in [4.78, 5) is 19.4. The topological polar surface area (TPSA) is 92.4 Å².